The van der Waals surface area contributed by atoms with E-state index in [1.165, 1.54) is 0 Å². The fourth-order valence-corrected chi connectivity index (χ4v) is 2.86. The minimum absolute atomic E-state index is 0.131. The van der Waals surface area contributed by atoms with Crippen molar-refractivity contribution in [3.63, 3.8) is 0 Å². The summed E-state index contributed by atoms with van der Waals surface area (Å²) < 4.78 is 6.90. The van der Waals surface area contributed by atoms with Crippen molar-refractivity contribution in [1.82, 2.24) is 19.9 Å². The largest absolute Gasteiger partial charge is 0.497 e. The summed E-state index contributed by atoms with van der Waals surface area (Å²) in [6, 6.07) is 15.0. The van der Waals surface area contributed by atoms with Crippen molar-refractivity contribution in [3.05, 3.63) is 76.6 Å². The maximum Gasteiger partial charge on any atom is 0.276 e. The summed E-state index contributed by atoms with van der Waals surface area (Å²) in [4.78, 5) is 14.4. The first-order valence-corrected chi connectivity index (χ1v) is 8.91. The number of amides is 1. The van der Waals surface area contributed by atoms with Gasteiger partial charge in [-0.2, -0.15) is 0 Å². The van der Waals surface area contributed by atoms with Gasteiger partial charge in [-0.05, 0) is 42.3 Å². The highest BCUT2D eigenvalue weighted by Crippen LogP contribution is 2.24. The molecular weight excluding hydrogens is 364 g/mol. The predicted molar refractivity (Wildman–Crippen MR) is 104 cm³/mol. The second-order valence-corrected chi connectivity index (χ2v) is 6.73. The van der Waals surface area contributed by atoms with E-state index in [1.807, 2.05) is 55.5 Å². The van der Waals surface area contributed by atoms with Gasteiger partial charge in [0, 0.05) is 12.1 Å². The van der Waals surface area contributed by atoms with Crippen molar-refractivity contribution in [2.45, 2.75) is 19.5 Å². The summed E-state index contributed by atoms with van der Waals surface area (Å²) >= 11 is 5.90. The molecule has 0 aliphatic rings. The third-order valence-electron chi connectivity index (χ3n) is 4.49. The summed E-state index contributed by atoms with van der Waals surface area (Å²) in [5, 5.41) is 8.78. The maximum atomic E-state index is 12.8. The van der Waals surface area contributed by atoms with Gasteiger partial charge < -0.3 is 9.64 Å². The number of rotatable bonds is 6. The fraction of sp³-hybridized carbons (Fsp3) is 0.250. The first-order chi connectivity index (χ1) is 13.0. The lowest BCUT2D eigenvalue weighted by molar-refractivity contribution is 0.0736. The molecule has 3 rings (SSSR count). The first kappa shape index (κ1) is 18.9. The molecule has 0 bridgehead atoms. The normalized spacial score (nSPS) is 11.9. The van der Waals surface area contributed by atoms with Crippen molar-refractivity contribution in [3.8, 4) is 5.75 Å². The molecule has 27 heavy (non-hydrogen) atoms. The van der Waals surface area contributed by atoms with Gasteiger partial charge in [-0.15, -0.1) is 5.10 Å². The number of methoxy groups -OCH3 is 1. The predicted octanol–water partition coefficient (Wildman–Crippen LogP) is 3.82. The second-order valence-electron chi connectivity index (χ2n) is 6.30. The lowest BCUT2D eigenvalue weighted by Gasteiger charge is -2.24. The van der Waals surface area contributed by atoms with Crippen LogP contribution in [-0.2, 0) is 6.54 Å². The molecule has 6 nitrogen and oxygen atoms in total. The molecule has 140 valence electrons. The van der Waals surface area contributed by atoms with Gasteiger partial charge in [0.25, 0.3) is 5.91 Å². The number of nitrogens with zero attached hydrogens (tertiary/aromatic N) is 4. The van der Waals surface area contributed by atoms with Crippen LogP contribution in [0.1, 0.15) is 34.6 Å². The van der Waals surface area contributed by atoms with Crippen LogP contribution in [0, 0.1) is 0 Å². The highest BCUT2D eigenvalue weighted by Gasteiger charge is 2.22. The van der Waals surface area contributed by atoms with E-state index in [-0.39, 0.29) is 11.9 Å². The van der Waals surface area contributed by atoms with Crippen molar-refractivity contribution in [1.29, 1.82) is 0 Å². The minimum Gasteiger partial charge on any atom is -0.497 e. The molecule has 0 saturated heterocycles. The van der Waals surface area contributed by atoms with E-state index in [1.54, 1.807) is 29.9 Å². The summed E-state index contributed by atoms with van der Waals surface area (Å²) in [5.41, 5.74) is 2.32. The van der Waals surface area contributed by atoms with Gasteiger partial charge in [0.2, 0.25) is 0 Å². The monoisotopic (exact) mass is 384 g/mol. The zero-order valence-corrected chi connectivity index (χ0v) is 16.2. The van der Waals surface area contributed by atoms with E-state index in [0.717, 1.165) is 16.9 Å². The quantitative estimate of drug-likeness (QED) is 0.648. The van der Waals surface area contributed by atoms with Gasteiger partial charge in [0.05, 0.1) is 25.9 Å². The van der Waals surface area contributed by atoms with E-state index in [2.05, 4.69) is 10.3 Å². The lowest BCUT2D eigenvalue weighted by Crippen LogP contribution is -2.30. The molecule has 1 atom stereocenters. The Morgan fingerprint density at radius 1 is 1.26 bits per heavy atom. The molecular formula is C20H21ClN4O2. The summed E-state index contributed by atoms with van der Waals surface area (Å²) in [6.07, 6.45) is 1.66. The zero-order valence-electron chi connectivity index (χ0n) is 15.5. The SMILES string of the molecule is COc1cccc(C(C)N(C)C(=O)c2cn(Cc3ccc(Cl)cc3)nn2)c1. The average molecular weight is 385 g/mol. The molecule has 0 saturated carbocycles. The van der Waals surface area contributed by atoms with Gasteiger partial charge in [-0.3, -0.25) is 4.79 Å². The van der Waals surface area contributed by atoms with E-state index >= 15 is 0 Å². The zero-order chi connectivity index (χ0) is 19.4. The van der Waals surface area contributed by atoms with Crippen molar-refractivity contribution < 1.29 is 9.53 Å². The molecule has 0 aliphatic carbocycles. The smallest absolute Gasteiger partial charge is 0.276 e. The number of hydrogen-bond acceptors (Lipinski definition) is 4. The van der Waals surface area contributed by atoms with Crippen LogP contribution in [0.25, 0.3) is 0 Å². The van der Waals surface area contributed by atoms with Crippen LogP contribution >= 0.6 is 11.6 Å². The van der Waals surface area contributed by atoms with E-state index in [4.69, 9.17) is 16.3 Å². The fourth-order valence-electron chi connectivity index (χ4n) is 2.73. The van der Waals surface area contributed by atoms with Crippen molar-refractivity contribution >= 4 is 17.5 Å². The number of carbonyl (C=O) groups is 1. The Hall–Kier alpha value is -2.86. The van der Waals surface area contributed by atoms with Gasteiger partial charge in [-0.25, -0.2) is 4.68 Å². The molecule has 1 unspecified atom stereocenters. The Morgan fingerprint density at radius 2 is 2.00 bits per heavy atom. The van der Waals surface area contributed by atoms with Gasteiger partial charge in [0.1, 0.15) is 5.75 Å². The van der Waals surface area contributed by atoms with Crippen LogP contribution in [0.2, 0.25) is 5.02 Å². The van der Waals surface area contributed by atoms with Crippen LogP contribution in [-0.4, -0.2) is 40.0 Å². The highest BCUT2D eigenvalue weighted by molar-refractivity contribution is 6.30. The molecule has 0 N–H and O–H groups in total. The van der Waals surface area contributed by atoms with Crippen LogP contribution in [0.5, 0.6) is 5.75 Å². The van der Waals surface area contributed by atoms with Gasteiger partial charge in [0.15, 0.2) is 5.69 Å². The maximum absolute atomic E-state index is 12.8. The van der Waals surface area contributed by atoms with E-state index in [0.29, 0.717) is 17.3 Å². The molecule has 7 heteroatoms. The van der Waals surface area contributed by atoms with Crippen LogP contribution in [0.3, 0.4) is 0 Å². The Morgan fingerprint density at radius 3 is 2.70 bits per heavy atom. The third kappa shape index (κ3) is 4.46. The van der Waals surface area contributed by atoms with E-state index < -0.39 is 0 Å². The molecule has 3 aromatic rings. The number of hydrogen-bond donors (Lipinski definition) is 0. The molecule has 0 spiro atoms. The molecule has 0 aliphatic heterocycles. The third-order valence-corrected chi connectivity index (χ3v) is 4.75. The van der Waals surface area contributed by atoms with E-state index in [9.17, 15) is 4.79 Å². The average Bonchev–Trinajstić information content (AvgIpc) is 3.16. The number of halogens is 1. The van der Waals surface area contributed by atoms with Gasteiger partial charge >= 0.3 is 0 Å². The lowest BCUT2D eigenvalue weighted by atomic mass is 10.1. The number of carbonyl (C=O) groups excluding carboxylic acids is 1. The molecule has 1 amide bonds. The van der Waals surface area contributed by atoms with Crippen LogP contribution < -0.4 is 4.74 Å². The Balaban J connectivity index is 1.71. The summed E-state index contributed by atoms with van der Waals surface area (Å²) in [5.74, 6) is 0.571. The van der Waals surface area contributed by atoms with Crippen LogP contribution in [0.15, 0.2) is 54.7 Å². The highest BCUT2D eigenvalue weighted by atomic mass is 35.5. The first-order valence-electron chi connectivity index (χ1n) is 8.53. The van der Waals surface area contributed by atoms with Crippen molar-refractivity contribution in [2.24, 2.45) is 0 Å². The number of aromatic nitrogens is 3. The molecule has 0 radical (unpaired) electrons. The molecule has 2 aromatic carbocycles. The standard InChI is InChI=1S/C20H21ClN4O2/c1-14(16-5-4-6-18(11-16)27-3)24(2)20(26)19-13-25(23-22-19)12-15-7-9-17(21)10-8-15/h4-11,13-14H,12H2,1-3H3. The number of benzene rings is 2. The summed E-state index contributed by atoms with van der Waals surface area (Å²) in [7, 11) is 3.38. The topological polar surface area (TPSA) is 60.2 Å². The molecule has 1 aromatic heterocycles. The summed E-state index contributed by atoms with van der Waals surface area (Å²) in [6.45, 7) is 2.48. The molecule has 1 heterocycles. The number of ether oxygens (including phenoxy) is 1. The van der Waals surface area contributed by atoms with Crippen LogP contribution in [0.4, 0.5) is 0 Å². The second kappa shape index (κ2) is 8.22. The molecule has 0 fully saturated rings. The Labute approximate surface area is 163 Å². The Kier molecular flexibility index (Phi) is 5.76. The van der Waals surface area contributed by atoms with Gasteiger partial charge in [-0.1, -0.05) is 41.1 Å². The minimum atomic E-state index is -0.187. The van der Waals surface area contributed by atoms with Crippen molar-refractivity contribution in [2.75, 3.05) is 14.2 Å². The Bertz CT molecular complexity index is 924.